The van der Waals surface area contributed by atoms with E-state index in [0.717, 1.165) is 18.5 Å². The van der Waals surface area contributed by atoms with E-state index in [1.807, 2.05) is 18.2 Å². The standard InChI is InChI=1S/C14H21NO/c1-4-12-6-5-7-13(10-12)14(16)8-9-15-11(2)3/h5-7,10-11,15H,4,8-9H2,1-3H3. The molecule has 1 aromatic rings. The molecule has 0 heterocycles. The van der Waals surface area contributed by atoms with Gasteiger partial charge in [0.2, 0.25) is 0 Å². The van der Waals surface area contributed by atoms with Crippen LogP contribution in [-0.4, -0.2) is 18.4 Å². The lowest BCUT2D eigenvalue weighted by Gasteiger charge is -2.07. The van der Waals surface area contributed by atoms with Gasteiger partial charge in [0.15, 0.2) is 5.78 Å². The van der Waals surface area contributed by atoms with E-state index in [4.69, 9.17) is 0 Å². The molecule has 2 nitrogen and oxygen atoms in total. The largest absolute Gasteiger partial charge is 0.314 e. The van der Waals surface area contributed by atoms with Crippen molar-refractivity contribution in [3.05, 3.63) is 35.4 Å². The van der Waals surface area contributed by atoms with Crippen molar-refractivity contribution in [3.8, 4) is 0 Å². The fraction of sp³-hybridized carbons (Fsp3) is 0.500. The summed E-state index contributed by atoms with van der Waals surface area (Å²) in [5, 5.41) is 3.25. The molecule has 2 heteroatoms. The summed E-state index contributed by atoms with van der Waals surface area (Å²) in [6.07, 6.45) is 1.55. The van der Waals surface area contributed by atoms with E-state index >= 15 is 0 Å². The van der Waals surface area contributed by atoms with Gasteiger partial charge < -0.3 is 5.32 Å². The lowest BCUT2D eigenvalue weighted by atomic mass is 10.0. The zero-order chi connectivity index (χ0) is 12.0. The van der Waals surface area contributed by atoms with Gasteiger partial charge in [-0.05, 0) is 18.1 Å². The number of Topliss-reactive ketones (excluding diaryl/α,β-unsaturated/α-hetero) is 1. The average Bonchev–Trinajstić information content (AvgIpc) is 2.28. The van der Waals surface area contributed by atoms with Crippen molar-refractivity contribution in [2.45, 2.75) is 39.7 Å². The monoisotopic (exact) mass is 219 g/mol. The Hall–Kier alpha value is -1.15. The summed E-state index contributed by atoms with van der Waals surface area (Å²) in [4.78, 5) is 11.9. The molecule has 0 unspecified atom stereocenters. The third-order valence-corrected chi connectivity index (χ3v) is 2.56. The number of nitrogens with one attached hydrogen (secondary N) is 1. The predicted molar refractivity (Wildman–Crippen MR) is 67.9 cm³/mol. The molecule has 0 aliphatic heterocycles. The second-order valence-electron chi connectivity index (χ2n) is 4.34. The Balaban J connectivity index is 2.52. The molecule has 0 aliphatic rings. The molecule has 0 aliphatic carbocycles. The SMILES string of the molecule is CCc1cccc(C(=O)CCNC(C)C)c1. The summed E-state index contributed by atoms with van der Waals surface area (Å²) in [7, 11) is 0. The van der Waals surface area contributed by atoms with Crippen molar-refractivity contribution in [1.82, 2.24) is 5.32 Å². The number of carbonyl (C=O) groups is 1. The molecule has 16 heavy (non-hydrogen) atoms. The van der Waals surface area contributed by atoms with Gasteiger partial charge in [-0.2, -0.15) is 0 Å². The number of hydrogen-bond donors (Lipinski definition) is 1. The van der Waals surface area contributed by atoms with Crippen LogP contribution < -0.4 is 5.32 Å². The molecular formula is C14H21NO. The minimum Gasteiger partial charge on any atom is -0.314 e. The van der Waals surface area contributed by atoms with Gasteiger partial charge >= 0.3 is 0 Å². The quantitative estimate of drug-likeness (QED) is 0.745. The highest BCUT2D eigenvalue weighted by atomic mass is 16.1. The van der Waals surface area contributed by atoms with E-state index in [2.05, 4.69) is 32.2 Å². The van der Waals surface area contributed by atoms with Gasteiger partial charge in [-0.3, -0.25) is 4.79 Å². The third kappa shape index (κ3) is 4.15. The van der Waals surface area contributed by atoms with Crippen molar-refractivity contribution in [3.63, 3.8) is 0 Å². The van der Waals surface area contributed by atoms with Gasteiger partial charge in [-0.25, -0.2) is 0 Å². The number of ketones is 1. The molecule has 0 aromatic heterocycles. The second-order valence-corrected chi connectivity index (χ2v) is 4.34. The Kier molecular flexibility index (Phi) is 5.20. The van der Waals surface area contributed by atoms with Crippen LogP contribution in [0.1, 0.15) is 43.1 Å². The first-order valence-corrected chi connectivity index (χ1v) is 5.99. The van der Waals surface area contributed by atoms with Gasteiger partial charge in [0.25, 0.3) is 0 Å². The summed E-state index contributed by atoms with van der Waals surface area (Å²) in [5.74, 6) is 0.225. The van der Waals surface area contributed by atoms with Gasteiger partial charge in [0, 0.05) is 24.6 Å². The Morgan fingerprint density at radius 1 is 1.38 bits per heavy atom. The summed E-state index contributed by atoms with van der Waals surface area (Å²) in [5.41, 5.74) is 2.06. The van der Waals surface area contributed by atoms with Crippen LogP contribution in [0, 0.1) is 0 Å². The van der Waals surface area contributed by atoms with E-state index in [1.165, 1.54) is 5.56 Å². The third-order valence-electron chi connectivity index (χ3n) is 2.56. The zero-order valence-corrected chi connectivity index (χ0v) is 10.4. The zero-order valence-electron chi connectivity index (χ0n) is 10.4. The molecule has 88 valence electrons. The van der Waals surface area contributed by atoms with E-state index in [1.54, 1.807) is 0 Å². The average molecular weight is 219 g/mol. The molecule has 1 rings (SSSR count). The molecule has 0 saturated carbocycles. The maximum absolute atomic E-state index is 11.9. The summed E-state index contributed by atoms with van der Waals surface area (Å²) in [6, 6.07) is 8.36. The van der Waals surface area contributed by atoms with Crippen molar-refractivity contribution >= 4 is 5.78 Å². The van der Waals surface area contributed by atoms with Crippen LogP contribution in [-0.2, 0) is 6.42 Å². The Bertz CT molecular complexity index is 344. The van der Waals surface area contributed by atoms with Gasteiger partial charge in [-0.15, -0.1) is 0 Å². The Labute approximate surface area is 98.1 Å². The highest BCUT2D eigenvalue weighted by Gasteiger charge is 2.05. The van der Waals surface area contributed by atoms with Crippen LogP contribution in [0.3, 0.4) is 0 Å². The molecular weight excluding hydrogens is 198 g/mol. The van der Waals surface area contributed by atoms with Crippen molar-refractivity contribution in [2.24, 2.45) is 0 Å². The second kappa shape index (κ2) is 6.44. The molecule has 0 radical (unpaired) electrons. The predicted octanol–water partition coefficient (Wildman–Crippen LogP) is 2.82. The van der Waals surface area contributed by atoms with Crippen LogP contribution in [0.5, 0.6) is 0 Å². The maximum atomic E-state index is 11.9. The normalized spacial score (nSPS) is 10.8. The molecule has 0 spiro atoms. The van der Waals surface area contributed by atoms with E-state index in [-0.39, 0.29) is 5.78 Å². The molecule has 0 saturated heterocycles. The van der Waals surface area contributed by atoms with E-state index in [0.29, 0.717) is 12.5 Å². The highest BCUT2D eigenvalue weighted by molar-refractivity contribution is 5.96. The van der Waals surface area contributed by atoms with Crippen molar-refractivity contribution in [2.75, 3.05) is 6.54 Å². The first kappa shape index (κ1) is 12.9. The lowest BCUT2D eigenvalue weighted by Crippen LogP contribution is -2.25. The number of benzene rings is 1. The fourth-order valence-corrected chi connectivity index (χ4v) is 1.58. The van der Waals surface area contributed by atoms with Crippen LogP contribution in [0.2, 0.25) is 0 Å². The molecule has 1 N–H and O–H groups in total. The smallest absolute Gasteiger partial charge is 0.164 e. The van der Waals surface area contributed by atoms with Gasteiger partial charge in [0.1, 0.15) is 0 Å². The van der Waals surface area contributed by atoms with Crippen molar-refractivity contribution in [1.29, 1.82) is 0 Å². The van der Waals surface area contributed by atoms with Crippen LogP contribution in [0.4, 0.5) is 0 Å². The van der Waals surface area contributed by atoms with Crippen molar-refractivity contribution < 1.29 is 4.79 Å². The number of rotatable bonds is 6. The summed E-state index contributed by atoms with van der Waals surface area (Å²) >= 11 is 0. The van der Waals surface area contributed by atoms with Crippen LogP contribution >= 0.6 is 0 Å². The van der Waals surface area contributed by atoms with Crippen LogP contribution in [0.15, 0.2) is 24.3 Å². The lowest BCUT2D eigenvalue weighted by molar-refractivity contribution is 0.0982. The van der Waals surface area contributed by atoms with Gasteiger partial charge in [0.05, 0.1) is 0 Å². The maximum Gasteiger partial charge on any atom is 0.164 e. The van der Waals surface area contributed by atoms with E-state index < -0.39 is 0 Å². The number of carbonyl (C=O) groups excluding carboxylic acids is 1. The molecule has 1 aromatic carbocycles. The molecule has 0 fully saturated rings. The minimum absolute atomic E-state index is 0.225. The van der Waals surface area contributed by atoms with Gasteiger partial charge in [-0.1, -0.05) is 39.0 Å². The topological polar surface area (TPSA) is 29.1 Å². The molecule has 0 amide bonds. The Morgan fingerprint density at radius 2 is 2.12 bits per heavy atom. The van der Waals surface area contributed by atoms with Crippen LogP contribution in [0.25, 0.3) is 0 Å². The number of hydrogen-bond acceptors (Lipinski definition) is 2. The fourth-order valence-electron chi connectivity index (χ4n) is 1.58. The number of aryl methyl sites for hydroxylation is 1. The summed E-state index contributed by atoms with van der Waals surface area (Å²) in [6.45, 7) is 7.03. The highest BCUT2D eigenvalue weighted by Crippen LogP contribution is 2.08. The summed E-state index contributed by atoms with van der Waals surface area (Å²) < 4.78 is 0. The first-order valence-electron chi connectivity index (χ1n) is 5.99. The van der Waals surface area contributed by atoms with E-state index in [9.17, 15) is 4.79 Å². The Morgan fingerprint density at radius 3 is 2.75 bits per heavy atom. The first-order chi connectivity index (χ1) is 7.63. The minimum atomic E-state index is 0.225. The molecule has 0 bridgehead atoms. The molecule has 0 atom stereocenters.